The summed E-state index contributed by atoms with van der Waals surface area (Å²) in [5, 5.41) is 2.79. The van der Waals surface area contributed by atoms with Gasteiger partial charge in [-0.05, 0) is 45.3 Å². The van der Waals surface area contributed by atoms with Gasteiger partial charge in [-0.1, -0.05) is 0 Å². The van der Waals surface area contributed by atoms with E-state index in [1.54, 1.807) is 0 Å². The smallest absolute Gasteiger partial charge is 0.254 e. The zero-order valence-electron chi connectivity index (χ0n) is 16.1. The van der Waals surface area contributed by atoms with Crippen LogP contribution in [0.1, 0.15) is 44.1 Å². The molecule has 3 rings (SSSR count). The Balaban J connectivity index is 1.63. The second-order valence-electron chi connectivity index (χ2n) is 7.47. The first-order valence-electron chi connectivity index (χ1n) is 9.55. The number of alkyl halides is 2. The fourth-order valence-electron chi connectivity index (χ4n) is 3.71. The number of likely N-dealkylation sites (N-methyl/N-ethyl adjacent to an activating group) is 1. The summed E-state index contributed by atoms with van der Waals surface area (Å²) in [5.41, 5.74) is 0.386. The van der Waals surface area contributed by atoms with Crippen LogP contribution in [0.2, 0.25) is 0 Å². The Labute approximate surface area is 162 Å². The molecule has 9 heteroatoms. The number of halogens is 3. The number of nitrogens with zero attached hydrogens (tertiary/aromatic N) is 2. The predicted octanol–water partition coefficient (Wildman–Crippen LogP) is 2.90. The van der Waals surface area contributed by atoms with Crippen molar-refractivity contribution in [2.75, 3.05) is 20.7 Å². The zero-order valence-corrected chi connectivity index (χ0v) is 16.1. The molecule has 1 unspecified atom stereocenters. The van der Waals surface area contributed by atoms with Gasteiger partial charge in [0.25, 0.3) is 5.88 Å². The number of carbonyl (C=O) groups excluding carboxylic acids is 1. The van der Waals surface area contributed by atoms with Crippen LogP contribution in [0.25, 0.3) is 0 Å². The Morgan fingerprint density at radius 2 is 2.04 bits per heavy atom. The van der Waals surface area contributed by atoms with Crippen molar-refractivity contribution in [2.24, 2.45) is 0 Å². The summed E-state index contributed by atoms with van der Waals surface area (Å²) >= 11 is 0. The maximum absolute atomic E-state index is 14.4. The van der Waals surface area contributed by atoms with E-state index in [-0.39, 0.29) is 55.9 Å². The lowest BCUT2D eigenvalue weighted by atomic mass is 9.94. The third-order valence-corrected chi connectivity index (χ3v) is 5.40. The fourth-order valence-corrected chi connectivity index (χ4v) is 3.71. The van der Waals surface area contributed by atoms with Gasteiger partial charge in [0, 0.05) is 24.9 Å². The Hall–Kier alpha value is -2.03. The number of hydrogen-bond donors (Lipinski definition) is 1. The lowest BCUT2D eigenvalue weighted by Gasteiger charge is -2.28. The Morgan fingerprint density at radius 3 is 2.64 bits per heavy atom. The van der Waals surface area contributed by atoms with Crippen LogP contribution >= 0.6 is 0 Å². The lowest BCUT2D eigenvalue weighted by Crippen LogP contribution is -2.41. The summed E-state index contributed by atoms with van der Waals surface area (Å²) in [6, 6.07) is 1.02. The molecule has 0 spiro atoms. The van der Waals surface area contributed by atoms with Gasteiger partial charge in [-0.25, -0.2) is 13.2 Å². The molecule has 1 amide bonds. The van der Waals surface area contributed by atoms with E-state index in [0.717, 1.165) is 19.4 Å². The molecule has 2 aliphatic rings. The third kappa shape index (κ3) is 4.87. The molecular formula is C19H26F3N3O3. The van der Waals surface area contributed by atoms with E-state index in [2.05, 4.69) is 10.3 Å². The van der Waals surface area contributed by atoms with E-state index in [1.807, 2.05) is 11.9 Å². The summed E-state index contributed by atoms with van der Waals surface area (Å²) in [4.78, 5) is 18.3. The monoisotopic (exact) mass is 401 g/mol. The van der Waals surface area contributed by atoms with Crippen LogP contribution in [-0.4, -0.2) is 54.6 Å². The van der Waals surface area contributed by atoms with Crippen LogP contribution in [-0.2, 0) is 11.3 Å². The predicted molar refractivity (Wildman–Crippen MR) is 96.1 cm³/mol. The fraction of sp³-hybridized carbons (Fsp3) is 0.684. The first-order chi connectivity index (χ1) is 13.3. The summed E-state index contributed by atoms with van der Waals surface area (Å²) < 4.78 is 51.7. The SMILES string of the molecule is COc1nc(OC2CCC(F)(F)CC2)c(F)cc1CNC(=O)C1CCCN1C. The number of likely N-dealkylation sites (tertiary alicyclic amines) is 1. The van der Waals surface area contributed by atoms with Crippen molar-refractivity contribution in [2.45, 2.75) is 63.1 Å². The van der Waals surface area contributed by atoms with Crippen LogP contribution in [0.3, 0.4) is 0 Å². The van der Waals surface area contributed by atoms with Crippen LogP contribution in [0.4, 0.5) is 13.2 Å². The first kappa shape index (κ1) is 20.7. The molecule has 2 heterocycles. The number of pyridine rings is 1. The number of carbonyl (C=O) groups is 1. The molecule has 0 aromatic carbocycles. The molecule has 1 saturated heterocycles. The van der Waals surface area contributed by atoms with Crippen LogP contribution in [0.5, 0.6) is 11.8 Å². The molecule has 1 aromatic rings. The van der Waals surface area contributed by atoms with Gasteiger partial charge in [0.2, 0.25) is 17.7 Å². The molecular weight excluding hydrogens is 375 g/mol. The summed E-state index contributed by atoms with van der Waals surface area (Å²) in [6.45, 7) is 0.947. The minimum absolute atomic E-state index is 0.0756. The highest BCUT2D eigenvalue weighted by atomic mass is 19.3. The first-order valence-corrected chi connectivity index (χ1v) is 9.55. The van der Waals surface area contributed by atoms with Gasteiger partial charge in [-0.3, -0.25) is 9.69 Å². The Morgan fingerprint density at radius 1 is 1.32 bits per heavy atom. The van der Waals surface area contributed by atoms with Crippen molar-refractivity contribution in [3.05, 3.63) is 17.4 Å². The second-order valence-corrected chi connectivity index (χ2v) is 7.47. The maximum Gasteiger partial charge on any atom is 0.254 e. The largest absolute Gasteiger partial charge is 0.481 e. The summed E-state index contributed by atoms with van der Waals surface area (Å²) in [6.07, 6.45) is 0.972. The number of hydrogen-bond acceptors (Lipinski definition) is 5. The molecule has 2 fully saturated rings. The molecule has 6 nitrogen and oxygen atoms in total. The van der Waals surface area contributed by atoms with Crippen LogP contribution in [0.15, 0.2) is 6.07 Å². The van der Waals surface area contributed by atoms with Crippen LogP contribution < -0.4 is 14.8 Å². The lowest BCUT2D eigenvalue weighted by molar-refractivity contribution is -0.125. The highest BCUT2D eigenvalue weighted by molar-refractivity contribution is 5.82. The summed E-state index contributed by atoms with van der Waals surface area (Å²) in [7, 11) is 3.29. The Kier molecular flexibility index (Phi) is 6.32. The molecule has 1 N–H and O–H groups in total. The molecule has 1 aliphatic carbocycles. The molecule has 0 bridgehead atoms. The number of ether oxygens (including phenoxy) is 2. The van der Waals surface area contributed by atoms with Gasteiger partial charge in [-0.15, -0.1) is 0 Å². The highest BCUT2D eigenvalue weighted by Crippen LogP contribution is 2.35. The molecule has 1 aliphatic heterocycles. The zero-order chi connectivity index (χ0) is 20.3. The second kappa shape index (κ2) is 8.55. The number of amides is 1. The normalized spacial score (nSPS) is 22.8. The minimum atomic E-state index is -2.68. The molecule has 28 heavy (non-hydrogen) atoms. The van der Waals surface area contributed by atoms with Crippen molar-refractivity contribution >= 4 is 5.91 Å². The number of methoxy groups -OCH3 is 1. The van der Waals surface area contributed by atoms with Crippen molar-refractivity contribution in [3.63, 3.8) is 0 Å². The van der Waals surface area contributed by atoms with Crippen molar-refractivity contribution < 1.29 is 27.4 Å². The van der Waals surface area contributed by atoms with E-state index in [1.165, 1.54) is 13.2 Å². The standard InChI is InChI=1S/C19H26F3N3O3/c1-25-9-3-4-15(25)16(26)23-11-12-10-14(20)18(24-17(12)27-2)28-13-5-7-19(21,22)8-6-13/h10,13,15H,3-9,11H2,1-2H3,(H,23,26). The van der Waals surface area contributed by atoms with E-state index >= 15 is 0 Å². The number of nitrogens with one attached hydrogen (secondary N) is 1. The Bertz CT molecular complexity index is 707. The van der Waals surface area contributed by atoms with Gasteiger partial charge < -0.3 is 14.8 Å². The average molecular weight is 401 g/mol. The number of aromatic nitrogens is 1. The quantitative estimate of drug-likeness (QED) is 0.794. The molecule has 1 aromatic heterocycles. The van der Waals surface area contributed by atoms with Gasteiger partial charge in [0.05, 0.1) is 13.2 Å². The maximum atomic E-state index is 14.4. The van der Waals surface area contributed by atoms with Crippen molar-refractivity contribution in [1.82, 2.24) is 15.2 Å². The van der Waals surface area contributed by atoms with Crippen molar-refractivity contribution in [1.29, 1.82) is 0 Å². The van der Waals surface area contributed by atoms with Crippen molar-refractivity contribution in [3.8, 4) is 11.8 Å². The topological polar surface area (TPSA) is 63.7 Å². The highest BCUT2D eigenvalue weighted by Gasteiger charge is 2.36. The van der Waals surface area contributed by atoms with Gasteiger partial charge in [0.1, 0.15) is 6.10 Å². The van der Waals surface area contributed by atoms with Gasteiger partial charge >= 0.3 is 0 Å². The van der Waals surface area contributed by atoms with E-state index in [0.29, 0.717) is 5.56 Å². The molecule has 1 atom stereocenters. The van der Waals surface area contributed by atoms with E-state index in [9.17, 15) is 18.0 Å². The number of rotatable bonds is 6. The van der Waals surface area contributed by atoms with E-state index < -0.39 is 17.8 Å². The third-order valence-electron chi connectivity index (χ3n) is 5.40. The minimum Gasteiger partial charge on any atom is -0.481 e. The summed E-state index contributed by atoms with van der Waals surface area (Å²) in [5.74, 6) is -3.64. The van der Waals surface area contributed by atoms with Crippen LogP contribution in [0, 0.1) is 5.82 Å². The molecule has 0 radical (unpaired) electrons. The van der Waals surface area contributed by atoms with Gasteiger partial charge in [-0.2, -0.15) is 4.98 Å². The average Bonchev–Trinajstić information content (AvgIpc) is 3.09. The van der Waals surface area contributed by atoms with E-state index in [4.69, 9.17) is 9.47 Å². The molecule has 156 valence electrons. The van der Waals surface area contributed by atoms with Gasteiger partial charge in [0.15, 0.2) is 5.82 Å². The molecule has 1 saturated carbocycles.